The third kappa shape index (κ3) is 1.49. The van der Waals surface area contributed by atoms with Crippen molar-refractivity contribution in [2.75, 3.05) is 0 Å². The van der Waals surface area contributed by atoms with E-state index in [-0.39, 0.29) is 0 Å². The molecule has 2 aromatic rings. The summed E-state index contributed by atoms with van der Waals surface area (Å²) in [7, 11) is 0. The molecule has 0 aliphatic carbocycles. The highest BCUT2D eigenvalue weighted by Gasteiger charge is 2.06. The molecule has 0 aliphatic rings. The van der Waals surface area contributed by atoms with Gasteiger partial charge in [-0.3, -0.25) is 0 Å². The summed E-state index contributed by atoms with van der Waals surface area (Å²) in [6, 6.07) is 8.15. The number of rotatable bonds is 0. The second kappa shape index (κ2) is 3.45. The van der Waals surface area contributed by atoms with E-state index >= 15 is 0 Å². The Balaban J connectivity index is 2.91. The van der Waals surface area contributed by atoms with Gasteiger partial charge >= 0.3 is 0 Å². The molecule has 2 rings (SSSR count). The van der Waals surface area contributed by atoms with Gasteiger partial charge in [0.1, 0.15) is 0 Å². The lowest BCUT2D eigenvalue weighted by atomic mass is 10.1. The Morgan fingerprint density at radius 2 is 1.71 bits per heavy atom. The number of benzene rings is 2. The molecular weight excluding hydrogens is 215 g/mol. The Hall–Kier alpha value is -0.720. The van der Waals surface area contributed by atoms with E-state index in [0.717, 1.165) is 26.4 Å². The van der Waals surface area contributed by atoms with Crippen molar-refractivity contribution in [1.29, 1.82) is 0 Å². The number of halogens is 2. The number of hydrogen-bond acceptors (Lipinski definition) is 0. The van der Waals surface area contributed by atoms with E-state index in [1.807, 2.05) is 19.1 Å². The highest BCUT2D eigenvalue weighted by atomic mass is 35.5. The van der Waals surface area contributed by atoms with Gasteiger partial charge in [0, 0.05) is 10.4 Å². The van der Waals surface area contributed by atoms with Crippen molar-refractivity contribution in [2.45, 2.75) is 13.8 Å². The molecule has 2 aromatic carbocycles. The summed E-state index contributed by atoms with van der Waals surface area (Å²) < 4.78 is 0. The van der Waals surface area contributed by atoms with E-state index in [1.165, 1.54) is 5.56 Å². The molecule has 0 saturated carbocycles. The van der Waals surface area contributed by atoms with Crippen LogP contribution in [0.1, 0.15) is 11.1 Å². The Morgan fingerprint density at radius 3 is 2.43 bits per heavy atom. The van der Waals surface area contributed by atoms with Crippen LogP contribution < -0.4 is 0 Å². The van der Waals surface area contributed by atoms with E-state index in [0.29, 0.717) is 0 Å². The summed E-state index contributed by atoms with van der Waals surface area (Å²) in [5.74, 6) is 0. The van der Waals surface area contributed by atoms with Crippen LogP contribution in [0.2, 0.25) is 10.0 Å². The summed E-state index contributed by atoms with van der Waals surface area (Å²) in [4.78, 5) is 0. The van der Waals surface area contributed by atoms with Gasteiger partial charge in [0.2, 0.25) is 0 Å². The lowest BCUT2D eigenvalue weighted by molar-refractivity contribution is 1.47. The maximum Gasteiger partial charge on any atom is 0.0528 e. The molecule has 0 radical (unpaired) electrons. The Morgan fingerprint density at radius 1 is 1.00 bits per heavy atom. The second-order valence-corrected chi connectivity index (χ2v) is 4.31. The minimum Gasteiger partial charge on any atom is -0.0840 e. The zero-order valence-electron chi connectivity index (χ0n) is 8.07. The van der Waals surface area contributed by atoms with Gasteiger partial charge in [0.05, 0.1) is 5.02 Å². The molecule has 0 fully saturated rings. The Kier molecular flexibility index (Phi) is 2.42. The molecular formula is C12H10Cl2. The van der Waals surface area contributed by atoms with E-state index in [1.54, 1.807) is 0 Å². The third-order valence-corrected chi connectivity index (χ3v) is 3.29. The van der Waals surface area contributed by atoms with Gasteiger partial charge in [-0.15, -0.1) is 0 Å². The zero-order valence-corrected chi connectivity index (χ0v) is 9.58. The summed E-state index contributed by atoms with van der Waals surface area (Å²) >= 11 is 12.3. The standard InChI is InChI=1S/C12H10Cl2/c1-7-3-4-10-9(5-7)6-11(13)8(2)12(10)14/h3-6H,1-2H3. The summed E-state index contributed by atoms with van der Waals surface area (Å²) in [6.07, 6.45) is 0. The molecule has 72 valence electrons. The van der Waals surface area contributed by atoms with E-state index in [9.17, 15) is 0 Å². The molecule has 2 heteroatoms. The summed E-state index contributed by atoms with van der Waals surface area (Å²) in [5.41, 5.74) is 2.16. The minimum absolute atomic E-state index is 0.730. The first-order valence-corrected chi connectivity index (χ1v) is 5.20. The van der Waals surface area contributed by atoms with Gasteiger partial charge in [0.25, 0.3) is 0 Å². The van der Waals surface area contributed by atoms with Crippen molar-refractivity contribution >= 4 is 34.0 Å². The molecule has 0 heterocycles. The first kappa shape index (κ1) is 9.82. The van der Waals surface area contributed by atoms with E-state index in [2.05, 4.69) is 19.1 Å². The highest BCUT2D eigenvalue weighted by molar-refractivity contribution is 6.40. The number of fused-ring (bicyclic) bond motifs is 1. The van der Waals surface area contributed by atoms with Gasteiger partial charge in [-0.2, -0.15) is 0 Å². The summed E-state index contributed by atoms with van der Waals surface area (Å²) in [6.45, 7) is 3.99. The van der Waals surface area contributed by atoms with Crippen molar-refractivity contribution in [3.8, 4) is 0 Å². The normalized spacial score (nSPS) is 10.9. The van der Waals surface area contributed by atoms with Crippen molar-refractivity contribution in [1.82, 2.24) is 0 Å². The lowest BCUT2D eigenvalue weighted by Gasteiger charge is -2.06. The van der Waals surface area contributed by atoms with Gasteiger partial charge in [0.15, 0.2) is 0 Å². The van der Waals surface area contributed by atoms with Crippen molar-refractivity contribution in [3.63, 3.8) is 0 Å². The average Bonchev–Trinajstić information content (AvgIpc) is 2.14. The molecule has 0 bridgehead atoms. The SMILES string of the molecule is Cc1ccc2c(Cl)c(C)c(Cl)cc2c1. The maximum atomic E-state index is 6.20. The van der Waals surface area contributed by atoms with Crippen molar-refractivity contribution in [3.05, 3.63) is 45.4 Å². The van der Waals surface area contributed by atoms with Crippen LogP contribution in [-0.2, 0) is 0 Å². The van der Waals surface area contributed by atoms with E-state index < -0.39 is 0 Å². The van der Waals surface area contributed by atoms with Gasteiger partial charge in [-0.25, -0.2) is 0 Å². The molecule has 0 atom stereocenters. The van der Waals surface area contributed by atoms with Crippen LogP contribution in [-0.4, -0.2) is 0 Å². The topological polar surface area (TPSA) is 0 Å². The molecule has 0 nitrogen and oxygen atoms in total. The Bertz CT molecular complexity index is 501. The third-order valence-electron chi connectivity index (χ3n) is 2.41. The molecule has 0 saturated heterocycles. The summed E-state index contributed by atoms with van der Waals surface area (Å²) in [5, 5.41) is 3.66. The monoisotopic (exact) mass is 224 g/mol. The molecule has 0 amide bonds. The maximum absolute atomic E-state index is 6.20. The number of aryl methyl sites for hydroxylation is 1. The largest absolute Gasteiger partial charge is 0.0840 e. The first-order chi connectivity index (χ1) is 6.59. The molecule has 0 unspecified atom stereocenters. The molecule has 0 aromatic heterocycles. The molecule has 0 N–H and O–H groups in total. The second-order valence-electron chi connectivity index (χ2n) is 3.52. The quantitative estimate of drug-likeness (QED) is 0.606. The molecule has 0 spiro atoms. The fourth-order valence-electron chi connectivity index (χ4n) is 1.55. The van der Waals surface area contributed by atoms with Crippen LogP contribution >= 0.6 is 23.2 Å². The minimum atomic E-state index is 0.730. The highest BCUT2D eigenvalue weighted by Crippen LogP contribution is 2.32. The predicted molar refractivity (Wildman–Crippen MR) is 63.4 cm³/mol. The van der Waals surface area contributed by atoms with Crippen LogP contribution in [0.25, 0.3) is 10.8 Å². The zero-order chi connectivity index (χ0) is 10.3. The van der Waals surface area contributed by atoms with Gasteiger partial charge < -0.3 is 0 Å². The fraction of sp³-hybridized carbons (Fsp3) is 0.167. The average molecular weight is 225 g/mol. The van der Waals surface area contributed by atoms with Crippen molar-refractivity contribution in [2.24, 2.45) is 0 Å². The van der Waals surface area contributed by atoms with Crippen LogP contribution in [0.15, 0.2) is 24.3 Å². The lowest BCUT2D eigenvalue weighted by Crippen LogP contribution is -1.82. The van der Waals surface area contributed by atoms with E-state index in [4.69, 9.17) is 23.2 Å². The first-order valence-electron chi connectivity index (χ1n) is 4.44. The van der Waals surface area contributed by atoms with Crippen LogP contribution in [0.4, 0.5) is 0 Å². The van der Waals surface area contributed by atoms with Gasteiger partial charge in [-0.05, 0) is 30.9 Å². The molecule has 0 aliphatic heterocycles. The predicted octanol–water partition coefficient (Wildman–Crippen LogP) is 4.76. The Labute approximate surface area is 93.4 Å². The van der Waals surface area contributed by atoms with Crippen LogP contribution in [0, 0.1) is 13.8 Å². The number of hydrogen-bond donors (Lipinski definition) is 0. The van der Waals surface area contributed by atoms with Gasteiger partial charge in [-0.1, -0.05) is 47.0 Å². The fourth-order valence-corrected chi connectivity index (χ4v) is 2.09. The smallest absolute Gasteiger partial charge is 0.0528 e. The molecule has 14 heavy (non-hydrogen) atoms. The van der Waals surface area contributed by atoms with Crippen LogP contribution in [0.5, 0.6) is 0 Å². The van der Waals surface area contributed by atoms with Crippen molar-refractivity contribution < 1.29 is 0 Å². The van der Waals surface area contributed by atoms with Crippen LogP contribution in [0.3, 0.4) is 0 Å².